The molecule has 2 heterocycles. The Bertz CT molecular complexity index is 1050. The maximum atomic E-state index is 12.8. The summed E-state index contributed by atoms with van der Waals surface area (Å²) in [5, 5.41) is 4.97. The number of methoxy groups -OCH3 is 1. The van der Waals surface area contributed by atoms with Crippen LogP contribution in [0.15, 0.2) is 58.7 Å². The summed E-state index contributed by atoms with van der Waals surface area (Å²) >= 11 is 1.54. The number of benzene rings is 1. The molecule has 150 valence electrons. The zero-order chi connectivity index (χ0) is 20.3. The molecule has 1 fully saturated rings. The first kappa shape index (κ1) is 19.5. The van der Waals surface area contributed by atoms with Gasteiger partial charge in [0.05, 0.1) is 17.7 Å². The Morgan fingerprint density at radius 1 is 1.14 bits per heavy atom. The molecule has 0 atom stereocenters. The minimum absolute atomic E-state index is 0.137. The summed E-state index contributed by atoms with van der Waals surface area (Å²) in [4.78, 5) is 29.1. The van der Waals surface area contributed by atoms with Gasteiger partial charge in [-0.25, -0.2) is 0 Å². The summed E-state index contributed by atoms with van der Waals surface area (Å²) < 4.78 is 5.58. The monoisotopic (exact) mass is 408 g/mol. The second kappa shape index (κ2) is 8.25. The number of rotatable bonds is 6. The molecule has 1 aromatic carbocycles. The van der Waals surface area contributed by atoms with Crippen molar-refractivity contribution < 1.29 is 9.53 Å². The van der Waals surface area contributed by atoms with Gasteiger partial charge in [-0.3, -0.25) is 9.59 Å². The van der Waals surface area contributed by atoms with E-state index in [1.807, 2.05) is 35.7 Å². The third-order valence-corrected chi connectivity index (χ3v) is 6.67. The van der Waals surface area contributed by atoms with Gasteiger partial charge in [0.2, 0.25) is 0 Å². The number of aromatic nitrogens is 1. The Balaban J connectivity index is 1.54. The van der Waals surface area contributed by atoms with Crippen molar-refractivity contribution >= 4 is 17.2 Å². The summed E-state index contributed by atoms with van der Waals surface area (Å²) in [7, 11) is 1.68. The lowest BCUT2D eigenvalue weighted by Crippen LogP contribution is -2.40. The van der Waals surface area contributed by atoms with E-state index in [9.17, 15) is 9.59 Å². The molecule has 0 saturated heterocycles. The van der Waals surface area contributed by atoms with Crippen molar-refractivity contribution in [2.45, 2.75) is 31.1 Å². The van der Waals surface area contributed by atoms with Gasteiger partial charge in [-0.15, -0.1) is 11.3 Å². The molecule has 3 aromatic rings. The van der Waals surface area contributed by atoms with Gasteiger partial charge in [0.25, 0.3) is 11.5 Å². The number of hydrogen-bond donors (Lipinski definition) is 2. The number of pyridine rings is 1. The van der Waals surface area contributed by atoms with Crippen LogP contribution in [0, 0.1) is 0 Å². The molecular formula is C23H24N2O3S. The molecule has 0 radical (unpaired) electrons. The number of carbonyl (C=O) groups is 1. The molecule has 0 bridgehead atoms. The molecular weight excluding hydrogens is 384 g/mol. The van der Waals surface area contributed by atoms with E-state index in [2.05, 4.69) is 16.4 Å². The smallest absolute Gasteiger partial charge is 0.261 e. The van der Waals surface area contributed by atoms with Gasteiger partial charge < -0.3 is 15.0 Å². The van der Waals surface area contributed by atoms with E-state index in [-0.39, 0.29) is 22.4 Å². The first-order valence-electron chi connectivity index (χ1n) is 9.82. The van der Waals surface area contributed by atoms with E-state index in [1.54, 1.807) is 30.6 Å². The van der Waals surface area contributed by atoms with Gasteiger partial charge in [-0.05, 0) is 42.5 Å². The van der Waals surface area contributed by atoms with E-state index in [0.717, 1.165) is 47.6 Å². The predicted molar refractivity (Wildman–Crippen MR) is 116 cm³/mol. The van der Waals surface area contributed by atoms with Crippen molar-refractivity contribution in [1.82, 2.24) is 10.3 Å². The van der Waals surface area contributed by atoms with Crippen molar-refractivity contribution in [1.29, 1.82) is 0 Å². The second-order valence-corrected chi connectivity index (χ2v) is 8.41. The Kier molecular flexibility index (Phi) is 5.53. The summed E-state index contributed by atoms with van der Waals surface area (Å²) in [6.07, 6.45) is 4.21. The average molecular weight is 409 g/mol. The van der Waals surface area contributed by atoms with Crippen LogP contribution in [-0.2, 0) is 5.41 Å². The first-order chi connectivity index (χ1) is 14.1. The number of thiophene rings is 1. The zero-order valence-corrected chi connectivity index (χ0v) is 17.2. The van der Waals surface area contributed by atoms with E-state index in [1.165, 1.54) is 0 Å². The number of H-pyrrole nitrogens is 1. The number of carbonyl (C=O) groups excluding carboxylic acids is 1. The van der Waals surface area contributed by atoms with Crippen LogP contribution in [0.2, 0.25) is 0 Å². The molecule has 29 heavy (non-hydrogen) atoms. The normalized spacial score (nSPS) is 15.2. The van der Waals surface area contributed by atoms with E-state index < -0.39 is 0 Å². The van der Waals surface area contributed by atoms with Crippen LogP contribution in [-0.4, -0.2) is 24.5 Å². The molecule has 5 nitrogen and oxygen atoms in total. The highest BCUT2D eigenvalue weighted by molar-refractivity contribution is 7.13. The summed E-state index contributed by atoms with van der Waals surface area (Å²) in [5.74, 6) is 0.506. The van der Waals surface area contributed by atoms with E-state index in [4.69, 9.17) is 4.74 Å². The molecule has 6 heteroatoms. The fraction of sp³-hybridized carbons (Fsp3) is 0.304. The molecule has 1 aliphatic carbocycles. The van der Waals surface area contributed by atoms with Gasteiger partial charge in [0.1, 0.15) is 11.3 Å². The lowest BCUT2D eigenvalue weighted by molar-refractivity contribution is 0.0941. The van der Waals surface area contributed by atoms with Crippen molar-refractivity contribution in [3.8, 4) is 16.3 Å². The van der Waals surface area contributed by atoms with Crippen LogP contribution < -0.4 is 15.6 Å². The number of hydrogen-bond acceptors (Lipinski definition) is 4. The van der Waals surface area contributed by atoms with Crippen LogP contribution in [0.25, 0.3) is 10.6 Å². The summed E-state index contributed by atoms with van der Waals surface area (Å²) in [5.41, 5.74) is 1.46. The van der Waals surface area contributed by atoms with Crippen molar-refractivity contribution in [3.63, 3.8) is 0 Å². The lowest BCUT2D eigenvalue weighted by Gasteiger charge is -2.31. The fourth-order valence-corrected chi connectivity index (χ4v) is 4.96. The topological polar surface area (TPSA) is 71.2 Å². The Hall–Kier alpha value is -2.86. The fourth-order valence-electron chi connectivity index (χ4n) is 4.25. The highest BCUT2D eigenvalue weighted by Crippen LogP contribution is 2.44. The van der Waals surface area contributed by atoms with Crippen LogP contribution in [0.5, 0.6) is 5.75 Å². The molecule has 2 aromatic heterocycles. The number of amides is 1. The van der Waals surface area contributed by atoms with Crippen LogP contribution >= 0.6 is 11.3 Å². The minimum Gasteiger partial charge on any atom is -0.496 e. The average Bonchev–Trinajstić information content (AvgIpc) is 3.45. The quantitative estimate of drug-likeness (QED) is 0.637. The molecule has 0 unspecified atom stereocenters. The van der Waals surface area contributed by atoms with Gasteiger partial charge in [0.15, 0.2) is 0 Å². The third-order valence-electron chi connectivity index (χ3n) is 5.77. The maximum absolute atomic E-state index is 12.8. The molecule has 4 rings (SSSR count). The molecule has 2 N–H and O–H groups in total. The standard InChI is InChI=1S/C23H24N2O3S/c1-28-19-8-3-2-7-17(19)23(12-4-5-13-23)15-24-21(26)16-10-11-18(25-22(16)27)20-9-6-14-29-20/h2-3,6-11,14H,4-5,12-13,15H2,1H3,(H,24,26)(H,25,27). The van der Waals surface area contributed by atoms with Gasteiger partial charge >= 0.3 is 0 Å². The van der Waals surface area contributed by atoms with Crippen molar-refractivity contribution in [2.24, 2.45) is 0 Å². The predicted octanol–water partition coefficient (Wildman–Crippen LogP) is 4.35. The highest BCUT2D eigenvalue weighted by Gasteiger charge is 2.38. The van der Waals surface area contributed by atoms with Crippen molar-refractivity contribution in [3.05, 3.63) is 75.4 Å². The Morgan fingerprint density at radius 3 is 2.62 bits per heavy atom. The number of aromatic amines is 1. The van der Waals surface area contributed by atoms with Crippen LogP contribution in [0.4, 0.5) is 0 Å². The molecule has 0 spiro atoms. The zero-order valence-electron chi connectivity index (χ0n) is 16.4. The molecule has 1 aliphatic rings. The SMILES string of the molecule is COc1ccccc1C1(CNC(=O)c2ccc(-c3cccs3)[nH]c2=O)CCCC1. The van der Waals surface area contributed by atoms with E-state index in [0.29, 0.717) is 6.54 Å². The Labute approximate surface area is 173 Å². The van der Waals surface area contributed by atoms with Crippen LogP contribution in [0.3, 0.4) is 0 Å². The first-order valence-corrected chi connectivity index (χ1v) is 10.7. The molecule has 1 saturated carbocycles. The van der Waals surface area contributed by atoms with Crippen molar-refractivity contribution in [2.75, 3.05) is 13.7 Å². The minimum atomic E-state index is -0.369. The highest BCUT2D eigenvalue weighted by atomic mass is 32.1. The number of ether oxygens (including phenoxy) is 1. The second-order valence-electron chi connectivity index (χ2n) is 7.46. The summed E-state index contributed by atoms with van der Waals surface area (Å²) in [6.45, 7) is 0.484. The van der Waals surface area contributed by atoms with Gasteiger partial charge in [0, 0.05) is 17.5 Å². The van der Waals surface area contributed by atoms with E-state index >= 15 is 0 Å². The lowest BCUT2D eigenvalue weighted by atomic mass is 9.78. The number of para-hydroxylation sites is 1. The number of nitrogens with one attached hydrogen (secondary N) is 2. The van der Waals surface area contributed by atoms with Crippen LogP contribution in [0.1, 0.15) is 41.6 Å². The largest absolute Gasteiger partial charge is 0.496 e. The molecule has 0 aliphatic heterocycles. The van der Waals surface area contributed by atoms with Gasteiger partial charge in [-0.1, -0.05) is 37.1 Å². The maximum Gasteiger partial charge on any atom is 0.261 e. The summed E-state index contributed by atoms with van der Waals surface area (Å²) in [6, 6.07) is 15.3. The third kappa shape index (κ3) is 3.85. The van der Waals surface area contributed by atoms with Gasteiger partial charge in [-0.2, -0.15) is 0 Å². The molecule has 1 amide bonds. The Morgan fingerprint density at radius 2 is 1.93 bits per heavy atom.